The predicted molar refractivity (Wildman–Crippen MR) is 72.1 cm³/mol. The average Bonchev–Trinajstić information content (AvgIpc) is 2.36. The zero-order chi connectivity index (χ0) is 13.3. The Bertz CT molecular complexity index is 605. The summed E-state index contributed by atoms with van der Waals surface area (Å²) in [6.45, 7) is 6.08. The Labute approximate surface area is 106 Å². The fourth-order valence-corrected chi connectivity index (χ4v) is 2.09. The van der Waals surface area contributed by atoms with Crippen LogP contribution in [0.3, 0.4) is 0 Å². The lowest BCUT2D eigenvalue weighted by atomic mass is 9.95. The van der Waals surface area contributed by atoms with E-state index in [0.29, 0.717) is 11.5 Å². The largest absolute Gasteiger partial charge is 0.478 e. The van der Waals surface area contributed by atoms with Crippen LogP contribution in [0.4, 0.5) is 0 Å². The number of carboxylic acid groups (broad SMARTS) is 1. The van der Waals surface area contributed by atoms with Crippen molar-refractivity contribution in [2.75, 3.05) is 0 Å². The third-order valence-corrected chi connectivity index (χ3v) is 3.37. The van der Waals surface area contributed by atoms with Crippen molar-refractivity contribution >= 4 is 16.9 Å². The number of rotatable bonds is 3. The Morgan fingerprint density at radius 2 is 2.11 bits per heavy atom. The molecule has 1 N–H and O–H groups in total. The molecule has 0 spiro atoms. The number of nitrogens with zero attached hydrogens (tertiary/aromatic N) is 1. The number of fused-ring (bicyclic) bond motifs is 1. The van der Waals surface area contributed by atoms with Gasteiger partial charge in [0.15, 0.2) is 0 Å². The van der Waals surface area contributed by atoms with Gasteiger partial charge < -0.3 is 5.11 Å². The van der Waals surface area contributed by atoms with E-state index in [0.717, 1.165) is 28.6 Å². The van der Waals surface area contributed by atoms with Crippen molar-refractivity contribution in [1.29, 1.82) is 0 Å². The minimum absolute atomic E-state index is 0.336. The Hall–Kier alpha value is -1.90. The summed E-state index contributed by atoms with van der Waals surface area (Å²) in [5.74, 6) is -0.468. The molecule has 3 nitrogen and oxygen atoms in total. The van der Waals surface area contributed by atoms with E-state index in [4.69, 9.17) is 0 Å². The van der Waals surface area contributed by atoms with Crippen LogP contribution >= 0.6 is 0 Å². The first kappa shape index (κ1) is 12.6. The number of benzene rings is 1. The number of hydrogen-bond donors (Lipinski definition) is 1. The lowest BCUT2D eigenvalue weighted by Crippen LogP contribution is -2.01. The highest BCUT2D eigenvalue weighted by molar-refractivity contribution is 6.02. The summed E-state index contributed by atoms with van der Waals surface area (Å²) < 4.78 is 0. The summed E-state index contributed by atoms with van der Waals surface area (Å²) in [4.78, 5) is 15.7. The highest BCUT2D eigenvalue weighted by Gasteiger charge is 2.12. The molecule has 1 aromatic heterocycles. The summed E-state index contributed by atoms with van der Waals surface area (Å²) in [5, 5.41) is 9.99. The molecule has 0 aliphatic carbocycles. The third kappa shape index (κ3) is 2.21. The van der Waals surface area contributed by atoms with Crippen molar-refractivity contribution < 1.29 is 9.90 Å². The van der Waals surface area contributed by atoms with E-state index in [-0.39, 0.29) is 0 Å². The first-order chi connectivity index (χ1) is 8.52. The van der Waals surface area contributed by atoms with Gasteiger partial charge in [0.2, 0.25) is 0 Å². The van der Waals surface area contributed by atoms with Gasteiger partial charge in [0.25, 0.3) is 0 Å². The van der Waals surface area contributed by atoms with Gasteiger partial charge in [-0.1, -0.05) is 19.9 Å². The SMILES string of the molecule is CCC(C)c1ccc2nc(C)cc(C(=O)O)c2c1. The maximum absolute atomic E-state index is 11.3. The van der Waals surface area contributed by atoms with Crippen molar-refractivity contribution in [3.63, 3.8) is 0 Å². The Balaban J connectivity index is 2.70. The molecule has 18 heavy (non-hydrogen) atoms. The van der Waals surface area contributed by atoms with Gasteiger partial charge in [0, 0.05) is 11.1 Å². The number of pyridine rings is 1. The summed E-state index contributed by atoms with van der Waals surface area (Å²) in [6.07, 6.45) is 1.03. The van der Waals surface area contributed by atoms with Gasteiger partial charge in [-0.2, -0.15) is 0 Å². The van der Waals surface area contributed by atoms with Gasteiger partial charge in [-0.15, -0.1) is 0 Å². The number of aryl methyl sites for hydroxylation is 1. The Kier molecular flexibility index (Phi) is 3.32. The van der Waals surface area contributed by atoms with Crippen molar-refractivity contribution in [3.8, 4) is 0 Å². The van der Waals surface area contributed by atoms with E-state index < -0.39 is 5.97 Å². The molecule has 0 fully saturated rings. The lowest BCUT2D eigenvalue weighted by Gasteiger charge is -2.11. The average molecular weight is 243 g/mol. The molecule has 0 amide bonds. The van der Waals surface area contributed by atoms with E-state index in [2.05, 4.69) is 18.8 Å². The van der Waals surface area contributed by atoms with Crippen LogP contribution < -0.4 is 0 Å². The monoisotopic (exact) mass is 243 g/mol. The predicted octanol–water partition coefficient (Wildman–Crippen LogP) is 3.75. The maximum atomic E-state index is 11.3. The highest BCUT2D eigenvalue weighted by atomic mass is 16.4. The highest BCUT2D eigenvalue weighted by Crippen LogP contribution is 2.25. The van der Waals surface area contributed by atoms with Crippen molar-refractivity contribution in [2.45, 2.75) is 33.1 Å². The third-order valence-electron chi connectivity index (χ3n) is 3.37. The second-order valence-corrected chi connectivity index (χ2v) is 4.70. The van der Waals surface area contributed by atoms with Gasteiger partial charge in [-0.25, -0.2) is 4.79 Å². The van der Waals surface area contributed by atoms with Gasteiger partial charge in [-0.3, -0.25) is 4.98 Å². The molecule has 0 radical (unpaired) electrons. The summed E-state index contributed by atoms with van der Waals surface area (Å²) >= 11 is 0. The lowest BCUT2D eigenvalue weighted by molar-refractivity contribution is 0.0699. The molecular formula is C15H17NO2. The molecule has 1 heterocycles. The van der Waals surface area contributed by atoms with Crippen LogP contribution in [0.2, 0.25) is 0 Å². The number of carbonyl (C=O) groups is 1. The zero-order valence-electron chi connectivity index (χ0n) is 10.9. The number of aromatic nitrogens is 1. The second-order valence-electron chi connectivity index (χ2n) is 4.70. The summed E-state index contributed by atoms with van der Waals surface area (Å²) in [7, 11) is 0. The summed E-state index contributed by atoms with van der Waals surface area (Å²) in [5.41, 5.74) is 2.98. The second kappa shape index (κ2) is 4.77. The van der Waals surface area contributed by atoms with Crippen LogP contribution in [0.1, 0.15) is 47.8 Å². The molecule has 1 unspecified atom stereocenters. The van der Waals surface area contributed by atoms with Gasteiger partial charge >= 0.3 is 5.97 Å². The minimum atomic E-state index is -0.896. The molecule has 3 heteroatoms. The van der Waals surface area contributed by atoms with Crippen LogP contribution in [0, 0.1) is 6.92 Å². The quantitative estimate of drug-likeness (QED) is 0.893. The van der Waals surface area contributed by atoms with E-state index in [1.54, 1.807) is 6.07 Å². The maximum Gasteiger partial charge on any atom is 0.336 e. The number of carboxylic acids is 1. The van der Waals surface area contributed by atoms with Gasteiger partial charge in [0.1, 0.15) is 0 Å². The molecule has 1 atom stereocenters. The van der Waals surface area contributed by atoms with E-state index in [1.165, 1.54) is 0 Å². The fraction of sp³-hybridized carbons (Fsp3) is 0.333. The first-order valence-electron chi connectivity index (χ1n) is 6.17. The molecule has 0 aliphatic rings. The standard InChI is InChI=1S/C15H17NO2/c1-4-9(2)11-5-6-14-12(8-11)13(15(17)18)7-10(3)16-14/h5-9H,4H2,1-3H3,(H,17,18). The molecule has 0 bridgehead atoms. The molecule has 0 saturated heterocycles. The van der Waals surface area contributed by atoms with Crippen molar-refractivity contribution in [3.05, 3.63) is 41.1 Å². The van der Waals surface area contributed by atoms with Crippen molar-refractivity contribution in [2.24, 2.45) is 0 Å². The molecule has 94 valence electrons. The fourth-order valence-electron chi connectivity index (χ4n) is 2.09. The molecule has 0 aliphatic heterocycles. The Morgan fingerprint density at radius 3 is 2.72 bits per heavy atom. The van der Waals surface area contributed by atoms with E-state index in [1.807, 2.05) is 25.1 Å². The van der Waals surface area contributed by atoms with Crippen LogP contribution in [0.15, 0.2) is 24.3 Å². The Morgan fingerprint density at radius 1 is 1.39 bits per heavy atom. The topological polar surface area (TPSA) is 50.2 Å². The molecule has 2 aromatic rings. The van der Waals surface area contributed by atoms with Crippen LogP contribution in [-0.4, -0.2) is 16.1 Å². The molecule has 0 saturated carbocycles. The van der Waals surface area contributed by atoms with Crippen LogP contribution in [-0.2, 0) is 0 Å². The minimum Gasteiger partial charge on any atom is -0.478 e. The zero-order valence-corrected chi connectivity index (χ0v) is 10.9. The van der Waals surface area contributed by atoms with Crippen LogP contribution in [0.25, 0.3) is 10.9 Å². The molecule has 2 rings (SSSR count). The number of hydrogen-bond acceptors (Lipinski definition) is 2. The van der Waals surface area contributed by atoms with Gasteiger partial charge in [-0.05, 0) is 43.0 Å². The molecule has 1 aromatic carbocycles. The van der Waals surface area contributed by atoms with E-state index in [9.17, 15) is 9.90 Å². The molecular weight excluding hydrogens is 226 g/mol. The number of aromatic carboxylic acids is 1. The summed E-state index contributed by atoms with van der Waals surface area (Å²) in [6, 6.07) is 7.54. The van der Waals surface area contributed by atoms with E-state index >= 15 is 0 Å². The van der Waals surface area contributed by atoms with Crippen molar-refractivity contribution in [1.82, 2.24) is 4.98 Å². The normalized spacial score (nSPS) is 12.6. The van der Waals surface area contributed by atoms with Crippen LogP contribution in [0.5, 0.6) is 0 Å². The van der Waals surface area contributed by atoms with Gasteiger partial charge in [0.05, 0.1) is 11.1 Å². The smallest absolute Gasteiger partial charge is 0.336 e. The first-order valence-corrected chi connectivity index (χ1v) is 6.17.